The van der Waals surface area contributed by atoms with E-state index in [1.165, 1.54) is 7.11 Å². The predicted molar refractivity (Wildman–Crippen MR) is 103 cm³/mol. The Morgan fingerprint density at radius 3 is 2.80 bits per heavy atom. The number of piperidine rings is 1. The summed E-state index contributed by atoms with van der Waals surface area (Å²) in [7, 11) is 1.29. The summed E-state index contributed by atoms with van der Waals surface area (Å²) in [5, 5.41) is 20.1. The maximum Gasteiger partial charge on any atom is 0.325 e. The van der Waals surface area contributed by atoms with Gasteiger partial charge in [-0.25, -0.2) is 0 Å². The molecule has 1 aliphatic heterocycles. The van der Waals surface area contributed by atoms with Gasteiger partial charge in [-0.05, 0) is 42.9 Å². The van der Waals surface area contributed by atoms with Gasteiger partial charge in [0, 0.05) is 24.6 Å². The molecule has 2 fully saturated rings. The Labute approximate surface area is 171 Å². The number of carbonyl (C=O) groups excluding carboxylic acids is 3. The third kappa shape index (κ3) is 4.39. The van der Waals surface area contributed by atoms with Gasteiger partial charge in [0.25, 0.3) is 12.4 Å². The summed E-state index contributed by atoms with van der Waals surface area (Å²) in [6.07, 6.45) is 1.70. The van der Waals surface area contributed by atoms with Gasteiger partial charge in [-0.2, -0.15) is 15.4 Å². The van der Waals surface area contributed by atoms with Crippen LogP contribution in [0.5, 0.6) is 0 Å². The Morgan fingerprint density at radius 2 is 2.07 bits per heavy atom. The number of carbonyl (C=O) groups is 4. The summed E-state index contributed by atoms with van der Waals surface area (Å²) in [4.78, 5) is 46.6. The fraction of sp³-hybridized carbons (Fsp3) is 0.474. The van der Waals surface area contributed by atoms with Gasteiger partial charge >= 0.3 is 5.97 Å². The first kappa shape index (κ1) is 21.2. The molecule has 0 spiro atoms. The van der Waals surface area contributed by atoms with Crippen molar-refractivity contribution >= 4 is 35.3 Å². The summed E-state index contributed by atoms with van der Waals surface area (Å²) in [6, 6.07) is 5.25. The van der Waals surface area contributed by atoms with E-state index < -0.39 is 5.97 Å². The lowest BCUT2D eigenvalue weighted by atomic mass is 9.61. The van der Waals surface area contributed by atoms with E-state index in [2.05, 4.69) is 25.5 Å². The molecule has 1 aromatic carbocycles. The van der Waals surface area contributed by atoms with E-state index in [9.17, 15) is 14.4 Å². The van der Waals surface area contributed by atoms with Crippen LogP contribution in [0.25, 0.3) is 11.0 Å². The van der Waals surface area contributed by atoms with Crippen molar-refractivity contribution in [3.63, 3.8) is 0 Å². The topological polar surface area (TPSA) is 155 Å². The average molecular weight is 417 g/mol. The van der Waals surface area contributed by atoms with Crippen molar-refractivity contribution in [2.24, 2.45) is 17.8 Å². The lowest BCUT2D eigenvalue weighted by Gasteiger charge is -2.50. The maximum absolute atomic E-state index is 12.9. The van der Waals surface area contributed by atoms with Crippen LogP contribution in [0, 0.1) is 17.8 Å². The fourth-order valence-electron chi connectivity index (χ4n) is 4.09. The number of nitrogens with one attached hydrogen (secondary N) is 2. The molecule has 4 rings (SSSR count). The normalized spacial score (nSPS) is 22.0. The molecule has 1 saturated carbocycles. The maximum atomic E-state index is 12.9. The molecule has 0 radical (unpaired) electrons. The molecule has 1 saturated heterocycles. The standard InChI is InChI=1S/C18H21N5O4.CH2O2/c1-27-16(24)8-19-17(25)12-6-10-4-5-23(9-13(10)12)18(26)11-2-3-14-15(7-11)21-22-20-14;2-1-3/h2-3,7,10,12-13H,4-6,8-9H2,1H3,(H,19,25)(H,20,21,22);1H,(H,2,3)/t10-,12-,13-;/m1./s1. The Balaban J connectivity index is 0.000000806. The van der Waals surface area contributed by atoms with Gasteiger partial charge in [0.1, 0.15) is 17.6 Å². The van der Waals surface area contributed by atoms with Crippen molar-refractivity contribution in [1.29, 1.82) is 0 Å². The summed E-state index contributed by atoms with van der Waals surface area (Å²) < 4.78 is 4.54. The molecular formula is C19H23N5O6. The molecule has 0 bridgehead atoms. The molecule has 30 heavy (non-hydrogen) atoms. The number of aromatic amines is 1. The second kappa shape index (κ2) is 9.33. The van der Waals surface area contributed by atoms with Crippen LogP contribution in [-0.4, -0.2) is 76.4 Å². The Hall–Kier alpha value is -3.50. The highest BCUT2D eigenvalue weighted by Crippen LogP contribution is 2.45. The number of amides is 2. The lowest BCUT2D eigenvalue weighted by Crippen LogP contribution is -2.56. The molecule has 11 nitrogen and oxygen atoms in total. The predicted octanol–water partition coefficient (Wildman–Crippen LogP) is 0.0461. The minimum Gasteiger partial charge on any atom is -0.483 e. The van der Waals surface area contributed by atoms with Crippen LogP contribution in [0.4, 0.5) is 0 Å². The zero-order valence-corrected chi connectivity index (χ0v) is 16.4. The van der Waals surface area contributed by atoms with Crippen LogP contribution < -0.4 is 5.32 Å². The molecule has 11 heteroatoms. The van der Waals surface area contributed by atoms with Crippen LogP contribution in [0.2, 0.25) is 0 Å². The first-order valence-electron chi connectivity index (χ1n) is 9.50. The van der Waals surface area contributed by atoms with Gasteiger partial charge in [0.15, 0.2) is 0 Å². The van der Waals surface area contributed by atoms with E-state index in [4.69, 9.17) is 9.90 Å². The molecule has 3 N–H and O–H groups in total. The van der Waals surface area contributed by atoms with E-state index in [0.29, 0.717) is 35.6 Å². The van der Waals surface area contributed by atoms with E-state index in [1.807, 2.05) is 4.90 Å². The summed E-state index contributed by atoms with van der Waals surface area (Å²) in [6.45, 7) is 0.869. The third-order valence-electron chi connectivity index (χ3n) is 5.70. The number of nitrogens with zero attached hydrogens (tertiary/aromatic N) is 3. The average Bonchev–Trinajstić information content (AvgIpc) is 3.20. The fourth-order valence-corrected chi connectivity index (χ4v) is 4.09. The van der Waals surface area contributed by atoms with Crippen molar-refractivity contribution in [2.45, 2.75) is 12.8 Å². The molecule has 160 valence electrons. The number of hydrogen-bond acceptors (Lipinski definition) is 7. The highest BCUT2D eigenvalue weighted by molar-refractivity contribution is 5.97. The number of esters is 1. The van der Waals surface area contributed by atoms with Crippen LogP contribution in [0.15, 0.2) is 18.2 Å². The number of fused-ring (bicyclic) bond motifs is 2. The van der Waals surface area contributed by atoms with Crippen LogP contribution in [0.1, 0.15) is 23.2 Å². The highest BCUT2D eigenvalue weighted by atomic mass is 16.5. The zero-order valence-electron chi connectivity index (χ0n) is 16.4. The molecule has 0 unspecified atom stereocenters. The van der Waals surface area contributed by atoms with Gasteiger partial charge < -0.3 is 20.1 Å². The Kier molecular flexibility index (Phi) is 6.60. The lowest BCUT2D eigenvalue weighted by molar-refractivity contribution is -0.144. The number of hydrogen-bond donors (Lipinski definition) is 3. The number of aromatic nitrogens is 3. The number of ether oxygens (including phenoxy) is 1. The van der Waals surface area contributed by atoms with E-state index in [-0.39, 0.29) is 36.7 Å². The van der Waals surface area contributed by atoms with Crippen molar-refractivity contribution in [1.82, 2.24) is 25.6 Å². The first-order valence-corrected chi connectivity index (χ1v) is 9.50. The molecule has 2 aliphatic rings. The molecule has 1 aliphatic carbocycles. The second-order valence-corrected chi connectivity index (χ2v) is 7.23. The number of benzene rings is 1. The van der Waals surface area contributed by atoms with Gasteiger partial charge in [-0.1, -0.05) is 0 Å². The number of carboxylic acid groups (broad SMARTS) is 1. The monoisotopic (exact) mass is 417 g/mol. The molecule has 3 atom stereocenters. The van der Waals surface area contributed by atoms with Crippen molar-refractivity contribution < 1.29 is 29.0 Å². The van der Waals surface area contributed by atoms with Crippen molar-refractivity contribution in [3.8, 4) is 0 Å². The zero-order chi connectivity index (χ0) is 21.7. The van der Waals surface area contributed by atoms with Crippen LogP contribution in [-0.2, 0) is 19.1 Å². The highest BCUT2D eigenvalue weighted by Gasteiger charge is 2.48. The number of rotatable bonds is 4. The molecule has 2 heterocycles. The van der Waals surface area contributed by atoms with E-state index in [1.54, 1.807) is 18.2 Å². The van der Waals surface area contributed by atoms with Crippen molar-refractivity contribution in [3.05, 3.63) is 23.8 Å². The Morgan fingerprint density at radius 1 is 1.33 bits per heavy atom. The summed E-state index contributed by atoms with van der Waals surface area (Å²) in [5.41, 5.74) is 1.94. The first-order chi connectivity index (χ1) is 14.5. The summed E-state index contributed by atoms with van der Waals surface area (Å²) >= 11 is 0. The number of likely N-dealkylation sites (tertiary alicyclic amines) is 1. The van der Waals surface area contributed by atoms with Gasteiger partial charge in [0.05, 0.1) is 7.11 Å². The molecular weight excluding hydrogens is 394 g/mol. The van der Waals surface area contributed by atoms with Gasteiger partial charge in [0.2, 0.25) is 5.91 Å². The van der Waals surface area contributed by atoms with Gasteiger partial charge in [-0.15, -0.1) is 0 Å². The smallest absolute Gasteiger partial charge is 0.325 e. The quantitative estimate of drug-likeness (QED) is 0.465. The second-order valence-electron chi connectivity index (χ2n) is 7.23. The van der Waals surface area contributed by atoms with Crippen LogP contribution >= 0.6 is 0 Å². The van der Waals surface area contributed by atoms with E-state index >= 15 is 0 Å². The molecule has 2 amide bonds. The van der Waals surface area contributed by atoms with Gasteiger partial charge in [-0.3, -0.25) is 19.2 Å². The Bertz CT molecular complexity index is 944. The minimum atomic E-state index is -0.470. The van der Waals surface area contributed by atoms with Crippen LogP contribution in [0.3, 0.4) is 0 Å². The third-order valence-corrected chi connectivity index (χ3v) is 5.70. The van der Waals surface area contributed by atoms with E-state index in [0.717, 1.165) is 12.8 Å². The number of H-pyrrole nitrogens is 1. The SMILES string of the molecule is COC(=O)CNC(=O)[C@@H]1C[C@H]2CCN(C(=O)c3ccc4n[nH]nc4c3)C[C@H]21.O=CO. The summed E-state index contributed by atoms with van der Waals surface area (Å²) in [5.74, 6) is -0.229. The minimum absolute atomic E-state index is 0.0565. The van der Waals surface area contributed by atoms with Crippen molar-refractivity contribution in [2.75, 3.05) is 26.7 Å². The largest absolute Gasteiger partial charge is 0.483 e. The number of methoxy groups -OCH3 is 1. The molecule has 2 aromatic rings. The molecule has 1 aromatic heterocycles.